The van der Waals surface area contributed by atoms with Crippen molar-refractivity contribution in [2.45, 2.75) is 24.2 Å². The third-order valence-corrected chi connectivity index (χ3v) is 4.93. The molecule has 0 saturated heterocycles. The molecule has 0 aliphatic carbocycles. The van der Waals surface area contributed by atoms with Crippen molar-refractivity contribution >= 4 is 17.4 Å². The summed E-state index contributed by atoms with van der Waals surface area (Å²) in [4.78, 5) is 1.44. The zero-order valence-corrected chi connectivity index (χ0v) is 13.2. The molecular weight excluding hydrogens is 278 g/mol. The van der Waals surface area contributed by atoms with Crippen LogP contribution in [0.25, 0.3) is 0 Å². The zero-order valence-electron chi connectivity index (χ0n) is 12.3. The molecule has 0 aromatic heterocycles. The molecule has 2 aromatic rings. The summed E-state index contributed by atoms with van der Waals surface area (Å²) in [6.45, 7) is 3.88. The van der Waals surface area contributed by atoms with Gasteiger partial charge in [0.1, 0.15) is 5.75 Å². The number of rotatable bonds is 6. The van der Waals surface area contributed by atoms with E-state index >= 15 is 0 Å². The van der Waals surface area contributed by atoms with Gasteiger partial charge in [-0.2, -0.15) is 0 Å². The first-order valence-electron chi connectivity index (χ1n) is 7.55. The second-order valence-electron chi connectivity index (χ2n) is 5.30. The maximum atomic E-state index is 5.60. The number of fused-ring (bicyclic) bond motifs is 1. The van der Waals surface area contributed by atoms with Crippen LogP contribution in [0.2, 0.25) is 0 Å². The van der Waals surface area contributed by atoms with Crippen LogP contribution in [0.4, 0.5) is 5.69 Å². The molecule has 1 aliphatic rings. The summed E-state index contributed by atoms with van der Waals surface area (Å²) < 4.78 is 5.60. The second-order valence-corrected chi connectivity index (χ2v) is 6.36. The molecule has 1 aliphatic heterocycles. The number of benzene rings is 2. The van der Waals surface area contributed by atoms with Crippen LogP contribution >= 0.6 is 11.8 Å². The average molecular weight is 299 g/mol. The molecule has 3 rings (SSSR count). The Morgan fingerprint density at radius 1 is 1.14 bits per heavy atom. The Kier molecular flexibility index (Phi) is 4.71. The number of nitrogens with one attached hydrogen (secondary N) is 1. The van der Waals surface area contributed by atoms with E-state index in [2.05, 4.69) is 48.6 Å². The first-order valence-corrected chi connectivity index (χ1v) is 8.54. The summed E-state index contributed by atoms with van der Waals surface area (Å²) in [5.74, 6) is 2.72. The number of thioether (sulfide) groups is 1. The van der Waals surface area contributed by atoms with Gasteiger partial charge in [0.25, 0.3) is 0 Å². The van der Waals surface area contributed by atoms with Gasteiger partial charge < -0.3 is 10.1 Å². The minimum Gasteiger partial charge on any atom is -0.494 e. The molecule has 0 fully saturated rings. The highest BCUT2D eigenvalue weighted by molar-refractivity contribution is 7.99. The highest BCUT2D eigenvalue weighted by atomic mass is 32.2. The van der Waals surface area contributed by atoms with E-state index < -0.39 is 0 Å². The SMILES string of the molecule is CCCOc1ccc(NCC2CSc3ccccc32)cc1. The summed E-state index contributed by atoms with van der Waals surface area (Å²) in [6.07, 6.45) is 1.04. The fraction of sp³-hybridized carbons (Fsp3) is 0.333. The number of ether oxygens (including phenoxy) is 1. The van der Waals surface area contributed by atoms with Gasteiger partial charge in [-0.25, -0.2) is 0 Å². The fourth-order valence-corrected chi connectivity index (χ4v) is 3.78. The molecule has 2 aromatic carbocycles. The summed E-state index contributed by atoms with van der Waals surface area (Å²) in [5.41, 5.74) is 2.64. The minimum absolute atomic E-state index is 0.599. The molecule has 1 N–H and O–H groups in total. The number of hydrogen-bond acceptors (Lipinski definition) is 3. The molecule has 0 saturated carbocycles. The summed E-state index contributed by atoms with van der Waals surface area (Å²) in [7, 11) is 0. The topological polar surface area (TPSA) is 21.3 Å². The summed E-state index contributed by atoms with van der Waals surface area (Å²) >= 11 is 1.96. The molecule has 0 amide bonds. The fourth-order valence-electron chi connectivity index (χ4n) is 2.53. The van der Waals surface area contributed by atoms with E-state index in [9.17, 15) is 0 Å². The van der Waals surface area contributed by atoms with Gasteiger partial charge in [-0.3, -0.25) is 0 Å². The van der Waals surface area contributed by atoms with E-state index in [1.165, 1.54) is 16.2 Å². The van der Waals surface area contributed by atoms with Crippen LogP contribution in [0.1, 0.15) is 24.8 Å². The maximum absolute atomic E-state index is 5.60. The molecule has 110 valence electrons. The monoisotopic (exact) mass is 299 g/mol. The van der Waals surface area contributed by atoms with Crippen LogP contribution in [0.15, 0.2) is 53.4 Å². The van der Waals surface area contributed by atoms with E-state index in [0.29, 0.717) is 5.92 Å². The maximum Gasteiger partial charge on any atom is 0.119 e. The smallest absolute Gasteiger partial charge is 0.119 e. The lowest BCUT2D eigenvalue weighted by Gasteiger charge is -2.13. The van der Waals surface area contributed by atoms with Gasteiger partial charge in [-0.1, -0.05) is 25.1 Å². The molecule has 0 radical (unpaired) electrons. The van der Waals surface area contributed by atoms with Gasteiger partial charge in [-0.05, 0) is 42.3 Å². The summed E-state index contributed by atoms with van der Waals surface area (Å²) in [5, 5.41) is 3.54. The van der Waals surface area contributed by atoms with Crippen LogP contribution in [0.5, 0.6) is 5.75 Å². The van der Waals surface area contributed by atoms with Crippen LogP contribution in [-0.2, 0) is 0 Å². The van der Waals surface area contributed by atoms with Gasteiger partial charge in [-0.15, -0.1) is 11.8 Å². The van der Waals surface area contributed by atoms with Crippen molar-refractivity contribution in [3.8, 4) is 5.75 Å². The lowest BCUT2D eigenvalue weighted by atomic mass is 10.0. The molecule has 1 unspecified atom stereocenters. The standard InChI is InChI=1S/C18H21NOS/c1-2-11-20-16-9-7-15(8-10-16)19-12-14-13-21-18-6-4-3-5-17(14)18/h3-10,14,19H,2,11-13H2,1H3. The molecule has 2 nitrogen and oxygen atoms in total. The Morgan fingerprint density at radius 2 is 1.95 bits per heavy atom. The third-order valence-electron chi connectivity index (χ3n) is 3.68. The Bertz CT molecular complexity index is 582. The van der Waals surface area contributed by atoms with Crippen molar-refractivity contribution in [2.75, 3.05) is 24.2 Å². The van der Waals surface area contributed by atoms with Crippen molar-refractivity contribution < 1.29 is 4.74 Å². The summed E-state index contributed by atoms with van der Waals surface area (Å²) in [6, 6.07) is 17.0. The molecule has 21 heavy (non-hydrogen) atoms. The quantitative estimate of drug-likeness (QED) is 0.829. The highest BCUT2D eigenvalue weighted by Gasteiger charge is 2.22. The van der Waals surface area contributed by atoms with Crippen molar-refractivity contribution in [1.82, 2.24) is 0 Å². The van der Waals surface area contributed by atoms with Gasteiger partial charge in [0.05, 0.1) is 6.61 Å². The Labute approximate surface area is 130 Å². The lowest BCUT2D eigenvalue weighted by Crippen LogP contribution is -2.12. The Hall–Kier alpha value is -1.61. The van der Waals surface area contributed by atoms with Crippen molar-refractivity contribution in [2.24, 2.45) is 0 Å². The van der Waals surface area contributed by atoms with Crippen LogP contribution in [0, 0.1) is 0 Å². The van der Waals surface area contributed by atoms with E-state index in [0.717, 1.165) is 31.0 Å². The molecule has 1 atom stereocenters. The van der Waals surface area contributed by atoms with E-state index in [-0.39, 0.29) is 0 Å². The average Bonchev–Trinajstić information content (AvgIpc) is 2.95. The van der Waals surface area contributed by atoms with E-state index in [4.69, 9.17) is 4.74 Å². The molecular formula is C18H21NOS. The van der Waals surface area contributed by atoms with E-state index in [1.807, 2.05) is 23.9 Å². The van der Waals surface area contributed by atoms with Gasteiger partial charge in [0, 0.05) is 28.8 Å². The predicted octanol–water partition coefficient (Wildman–Crippen LogP) is 4.78. The van der Waals surface area contributed by atoms with Gasteiger partial charge in [0.2, 0.25) is 0 Å². The third kappa shape index (κ3) is 3.53. The normalized spacial score (nSPS) is 16.5. The molecule has 0 bridgehead atoms. The van der Waals surface area contributed by atoms with Gasteiger partial charge in [0.15, 0.2) is 0 Å². The zero-order chi connectivity index (χ0) is 14.5. The van der Waals surface area contributed by atoms with E-state index in [1.54, 1.807) is 0 Å². The molecule has 1 heterocycles. The predicted molar refractivity (Wildman–Crippen MR) is 90.6 cm³/mol. The second kappa shape index (κ2) is 6.90. The first-order chi connectivity index (χ1) is 10.4. The Balaban J connectivity index is 1.56. The highest BCUT2D eigenvalue weighted by Crippen LogP contribution is 2.39. The number of hydrogen-bond donors (Lipinski definition) is 1. The minimum atomic E-state index is 0.599. The van der Waals surface area contributed by atoms with Crippen LogP contribution in [0.3, 0.4) is 0 Å². The van der Waals surface area contributed by atoms with Crippen molar-refractivity contribution in [3.63, 3.8) is 0 Å². The van der Waals surface area contributed by atoms with Crippen molar-refractivity contribution in [1.29, 1.82) is 0 Å². The van der Waals surface area contributed by atoms with Gasteiger partial charge >= 0.3 is 0 Å². The molecule has 0 spiro atoms. The largest absolute Gasteiger partial charge is 0.494 e. The van der Waals surface area contributed by atoms with Crippen LogP contribution in [-0.4, -0.2) is 18.9 Å². The lowest BCUT2D eigenvalue weighted by molar-refractivity contribution is 0.317. The van der Waals surface area contributed by atoms with Crippen molar-refractivity contribution in [3.05, 3.63) is 54.1 Å². The first kappa shape index (κ1) is 14.3. The number of anilines is 1. The molecule has 3 heteroatoms. The van der Waals surface area contributed by atoms with Crippen LogP contribution < -0.4 is 10.1 Å². The Morgan fingerprint density at radius 3 is 2.76 bits per heavy atom.